The molecular formula is C22H24N4O5S. The van der Waals surface area contributed by atoms with Gasteiger partial charge in [0.2, 0.25) is 10.0 Å². The van der Waals surface area contributed by atoms with Gasteiger partial charge in [0.1, 0.15) is 13.2 Å². The second-order valence-corrected chi connectivity index (χ2v) is 9.54. The number of nitriles is 1. The number of sulfonamides is 1. The molecule has 2 aliphatic rings. The maximum atomic E-state index is 12.8. The van der Waals surface area contributed by atoms with Crippen molar-refractivity contribution in [2.75, 3.05) is 39.4 Å². The summed E-state index contributed by atoms with van der Waals surface area (Å²) < 4.78 is 38.2. The smallest absolute Gasteiger partial charge is 0.317 e. The van der Waals surface area contributed by atoms with E-state index in [1.807, 2.05) is 31.2 Å². The van der Waals surface area contributed by atoms with Crippen LogP contribution in [0.3, 0.4) is 0 Å². The third-order valence-corrected chi connectivity index (χ3v) is 7.47. The summed E-state index contributed by atoms with van der Waals surface area (Å²) in [5.74, 6) is 1.36. The Morgan fingerprint density at radius 1 is 1.03 bits per heavy atom. The van der Waals surface area contributed by atoms with E-state index in [-0.39, 0.29) is 43.1 Å². The van der Waals surface area contributed by atoms with E-state index in [0.29, 0.717) is 30.3 Å². The van der Waals surface area contributed by atoms with E-state index in [0.717, 1.165) is 5.56 Å². The van der Waals surface area contributed by atoms with Gasteiger partial charge in [-0.15, -0.1) is 0 Å². The van der Waals surface area contributed by atoms with Crippen molar-refractivity contribution in [2.45, 2.75) is 17.9 Å². The normalized spacial score (nSPS) is 17.3. The number of nitrogens with zero attached hydrogens (tertiary/aromatic N) is 3. The van der Waals surface area contributed by atoms with Crippen LogP contribution in [-0.4, -0.2) is 63.0 Å². The molecule has 32 heavy (non-hydrogen) atoms. The van der Waals surface area contributed by atoms with Crippen molar-refractivity contribution in [1.82, 2.24) is 14.5 Å². The zero-order valence-electron chi connectivity index (χ0n) is 17.7. The standard InChI is InChI=1S/C22H24N4O5S/c1-16(18-4-7-20-21(14-18)31-13-12-30-20)24-22(27)25-8-10-26(11-9-25)32(28,29)19-5-2-17(15-23)3-6-19/h2-7,14,16H,8-13H2,1H3,(H,24,27)/t16-/m1/s1. The topological polar surface area (TPSA) is 112 Å². The average Bonchev–Trinajstić information content (AvgIpc) is 2.83. The summed E-state index contributed by atoms with van der Waals surface area (Å²) in [6.45, 7) is 3.88. The fraction of sp³-hybridized carbons (Fsp3) is 0.364. The summed E-state index contributed by atoms with van der Waals surface area (Å²) in [6.07, 6.45) is 0. The molecule has 2 heterocycles. The van der Waals surface area contributed by atoms with E-state index in [1.54, 1.807) is 4.90 Å². The number of fused-ring (bicyclic) bond motifs is 1. The van der Waals surface area contributed by atoms with Crippen molar-refractivity contribution < 1.29 is 22.7 Å². The Bertz CT molecular complexity index is 1140. The van der Waals surface area contributed by atoms with E-state index in [9.17, 15) is 13.2 Å². The summed E-state index contributed by atoms with van der Waals surface area (Å²) in [6, 6.07) is 12.9. The predicted molar refractivity (Wildman–Crippen MR) is 116 cm³/mol. The molecule has 0 saturated carbocycles. The SMILES string of the molecule is C[C@@H](NC(=O)N1CCN(S(=O)(=O)c2ccc(C#N)cc2)CC1)c1ccc2c(c1)OCCO2. The van der Waals surface area contributed by atoms with Crippen LogP contribution in [0.1, 0.15) is 24.1 Å². The first kappa shape index (κ1) is 21.9. The number of carbonyl (C=O) groups is 1. The molecule has 2 aliphatic heterocycles. The highest BCUT2D eigenvalue weighted by Gasteiger charge is 2.30. The number of hydrogen-bond donors (Lipinski definition) is 1. The molecule has 2 amide bonds. The van der Waals surface area contributed by atoms with Gasteiger partial charge in [0, 0.05) is 26.2 Å². The van der Waals surface area contributed by atoms with Gasteiger partial charge in [0.25, 0.3) is 0 Å². The molecule has 0 unspecified atom stereocenters. The van der Waals surface area contributed by atoms with E-state index in [1.165, 1.54) is 28.6 Å². The molecule has 9 nitrogen and oxygen atoms in total. The van der Waals surface area contributed by atoms with Gasteiger partial charge in [-0.25, -0.2) is 13.2 Å². The minimum absolute atomic E-state index is 0.140. The van der Waals surface area contributed by atoms with Crippen LogP contribution in [0.25, 0.3) is 0 Å². The Balaban J connectivity index is 1.34. The third-order valence-electron chi connectivity index (χ3n) is 5.55. The summed E-state index contributed by atoms with van der Waals surface area (Å²) in [4.78, 5) is 14.5. The highest BCUT2D eigenvalue weighted by atomic mass is 32.2. The molecule has 4 rings (SSSR count). The lowest BCUT2D eigenvalue weighted by Crippen LogP contribution is -2.53. The monoisotopic (exact) mass is 456 g/mol. The number of nitrogens with one attached hydrogen (secondary N) is 1. The Kier molecular flexibility index (Phi) is 6.21. The molecule has 0 spiro atoms. The molecule has 2 aromatic rings. The predicted octanol–water partition coefficient (Wildman–Crippen LogP) is 2.11. The number of hydrogen-bond acceptors (Lipinski definition) is 6. The number of carbonyl (C=O) groups excluding carboxylic acids is 1. The minimum Gasteiger partial charge on any atom is -0.486 e. The summed E-state index contributed by atoms with van der Waals surface area (Å²) in [5, 5.41) is 11.8. The van der Waals surface area contributed by atoms with Crippen LogP contribution in [0, 0.1) is 11.3 Å². The van der Waals surface area contributed by atoms with Crippen LogP contribution < -0.4 is 14.8 Å². The van der Waals surface area contributed by atoms with Crippen molar-refractivity contribution in [2.24, 2.45) is 0 Å². The van der Waals surface area contributed by atoms with Crippen LogP contribution in [0.2, 0.25) is 0 Å². The fourth-order valence-corrected chi connectivity index (χ4v) is 5.09. The fourth-order valence-electron chi connectivity index (χ4n) is 3.67. The Hall–Kier alpha value is -3.29. The lowest BCUT2D eigenvalue weighted by Gasteiger charge is -2.34. The molecule has 0 aliphatic carbocycles. The van der Waals surface area contributed by atoms with Gasteiger partial charge >= 0.3 is 6.03 Å². The summed E-state index contributed by atoms with van der Waals surface area (Å²) in [5.41, 5.74) is 1.29. The lowest BCUT2D eigenvalue weighted by molar-refractivity contribution is 0.168. The van der Waals surface area contributed by atoms with Crippen molar-refractivity contribution in [3.63, 3.8) is 0 Å². The van der Waals surface area contributed by atoms with Gasteiger partial charge in [-0.05, 0) is 48.9 Å². The number of piperazine rings is 1. The molecular weight excluding hydrogens is 432 g/mol. The minimum atomic E-state index is -3.67. The second kappa shape index (κ2) is 9.06. The number of urea groups is 1. The number of ether oxygens (including phenoxy) is 2. The molecule has 0 aromatic heterocycles. The van der Waals surface area contributed by atoms with Gasteiger partial charge in [-0.3, -0.25) is 0 Å². The molecule has 1 saturated heterocycles. The molecule has 2 aromatic carbocycles. The van der Waals surface area contributed by atoms with E-state index in [4.69, 9.17) is 14.7 Å². The van der Waals surface area contributed by atoms with Gasteiger partial charge in [-0.2, -0.15) is 9.57 Å². The van der Waals surface area contributed by atoms with Crippen LogP contribution in [0.5, 0.6) is 11.5 Å². The lowest BCUT2D eigenvalue weighted by atomic mass is 10.1. The molecule has 168 valence electrons. The molecule has 1 atom stereocenters. The maximum absolute atomic E-state index is 12.8. The average molecular weight is 457 g/mol. The van der Waals surface area contributed by atoms with Gasteiger partial charge in [0.15, 0.2) is 11.5 Å². The first-order valence-electron chi connectivity index (χ1n) is 10.3. The molecule has 0 radical (unpaired) electrons. The van der Waals surface area contributed by atoms with Crippen molar-refractivity contribution in [3.05, 3.63) is 53.6 Å². The number of rotatable bonds is 4. The number of amides is 2. The van der Waals surface area contributed by atoms with Gasteiger partial charge in [-0.1, -0.05) is 6.07 Å². The Morgan fingerprint density at radius 3 is 2.34 bits per heavy atom. The molecule has 10 heteroatoms. The van der Waals surface area contributed by atoms with Crippen LogP contribution in [-0.2, 0) is 10.0 Å². The first-order chi connectivity index (χ1) is 15.4. The maximum Gasteiger partial charge on any atom is 0.317 e. The summed E-state index contributed by atoms with van der Waals surface area (Å²) >= 11 is 0. The molecule has 1 N–H and O–H groups in total. The molecule has 0 bridgehead atoms. The molecule has 1 fully saturated rings. The van der Waals surface area contributed by atoms with E-state index >= 15 is 0 Å². The quantitative estimate of drug-likeness (QED) is 0.754. The zero-order valence-corrected chi connectivity index (χ0v) is 18.5. The van der Waals surface area contributed by atoms with Crippen molar-refractivity contribution >= 4 is 16.1 Å². The Morgan fingerprint density at radius 2 is 1.69 bits per heavy atom. The van der Waals surface area contributed by atoms with Crippen LogP contribution in [0.4, 0.5) is 4.79 Å². The summed E-state index contributed by atoms with van der Waals surface area (Å²) in [7, 11) is -3.67. The Labute approximate surface area is 187 Å². The third kappa shape index (κ3) is 4.49. The highest BCUT2D eigenvalue weighted by molar-refractivity contribution is 7.89. The van der Waals surface area contributed by atoms with E-state index in [2.05, 4.69) is 5.32 Å². The van der Waals surface area contributed by atoms with Crippen molar-refractivity contribution in [1.29, 1.82) is 5.26 Å². The van der Waals surface area contributed by atoms with Crippen molar-refractivity contribution in [3.8, 4) is 17.6 Å². The zero-order chi connectivity index (χ0) is 22.7. The van der Waals surface area contributed by atoms with Crippen LogP contribution >= 0.6 is 0 Å². The van der Waals surface area contributed by atoms with Gasteiger partial charge < -0.3 is 19.7 Å². The van der Waals surface area contributed by atoms with E-state index < -0.39 is 10.0 Å². The van der Waals surface area contributed by atoms with Crippen LogP contribution in [0.15, 0.2) is 47.4 Å². The largest absolute Gasteiger partial charge is 0.486 e. The first-order valence-corrected chi connectivity index (χ1v) is 11.8. The number of benzene rings is 2. The van der Waals surface area contributed by atoms with Gasteiger partial charge in [0.05, 0.1) is 22.6 Å². The second-order valence-electron chi connectivity index (χ2n) is 7.60. The highest BCUT2D eigenvalue weighted by Crippen LogP contribution is 2.32.